The number of fused-ring (bicyclic) bond motifs is 2. The maximum absolute atomic E-state index is 13.7. The van der Waals surface area contributed by atoms with Gasteiger partial charge in [-0.15, -0.1) is 0 Å². The molecule has 1 aliphatic carbocycles. The lowest BCUT2D eigenvalue weighted by Gasteiger charge is -2.22. The molecule has 0 saturated heterocycles. The van der Waals surface area contributed by atoms with Gasteiger partial charge >= 0.3 is 0 Å². The SMILES string of the molecule is CN1CCn2nc(NC(=O)c3nn(-c4ccc(F)c(F)c4)c4c3CCC4)cc2C1. The number of amides is 1. The first-order chi connectivity index (χ1) is 14.0. The van der Waals surface area contributed by atoms with Crippen LogP contribution in [-0.2, 0) is 25.9 Å². The second kappa shape index (κ2) is 6.77. The zero-order valence-electron chi connectivity index (χ0n) is 16.0. The number of rotatable bonds is 3. The van der Waals surface area contributed by atoms with Crippen LogP contribution in [-0.4, -0.2) is 44.0 Å². The van der Waals surface area contributed by atoms with E-state index in [1.54, 1.807) is 4.68 Å². The molecule has 0 radical (unpaired) electrons. The highest BCUT2D eigenvalue weighted by Gasteiger charge is 2.28. The van der Waals surface area contributed by atoms with Crippen molar-refractivity contribution in [2.75, 3.05) is 18.9 Å². The molecule has 3 heterocycles. The number of halogens is 2. The lowest BCUT2D eigenvalue weighted by atomic mass is 10.2. The second-order valence-corrected chi connectivity index (χ2v) is 7.57. The van der Waals surface area contributed by atoms with E-state index < -0.39 is 11.6 Å². The largest absolute Gasteiger partial charge is 0.304 e. The average molecular weight is 398 g/mol. The maximum atomic E-state index is 13.7. The van der Waals surface area contributed by atoms with Crippen molar-refractivity contribution >= 4 is 11.7 Å². The van der Waals surface area contributed by atoms with Crippen LogP contribution in [0.25, 0.3) is 5.69 Å². The molecule has 0 spiro atoms. The van der Waals surface area contributed by atoms with Gasteiger partial charge in [0.25, 0.3) is 5.91 Å². The maximum Gasteiger partial charge on any atom is 0.277 e. The fraction of sp³-hybridized carbons (Fsp3) is 0.350. The third kappa shape index (κ3) is 3.11. The van der Waals surface area contributed by atoms with Crippen LogP contribution in [0.1, 0.15) is 33.9 Å². The zero-order chi connectivity index (χ0) is 20.1. The standard InChI is InChI=1S/C20H20F2N6O/c1-26-7-8-27-13(11-26)10-18(24-27)23-20(29)19-14-3-2-4-17(14)28(25-19)12-5-6-15(21)16(22)9-12/h5-6,9-10H,2-4,7-8,11H2,1H3,(H,23,24,29). The molecule has 2 aliphatic rings. The number of carbonyl (C=O) groups excluding carboxylic acids is 1. The molecule has 29 heavy (non-hydrogen) atoms. The third-order valence-corrected chi connectivity index (χ3v) is 5.52. The normalized spacial score (nSPS) is 16.0. The highest BCUT2D eigenvalue weighted by Crippen LogP contribution is 2.29. The summed E-state index contributed by atoms with van der Waals surface area (Å²) < 4.78 is 30.5. The van der Waals surface area contributed by atoms with E-state index in [1.165, 1.54) is 6.07 Å². The molecule has 1 amide bonds. The smallest absolute Gasteiger partial charge is 0.277 e. The molecular weight excluding hydrogens is 378 g/mol. The Labute approximate surface area is 165 Å². The summed E-state index contributed by atoms with van der Waals surface area (Å²) in [7, 11) is 2.04. The van der Waals surface area contributed by atoms with Crippen molar-refractivity contribution in [1.29, 1.82) is 0 Å². The zero-order valence-corrected chi connectivity index (χ0v) is 16.0. The minimum Gasteiger partial charge on any atom is -0.304 e. The number of benzene rings is 1. The predicted octanol–water partition coefficient (Wildman–Crippen LogP) is 2.53. The van der Waals surface area contributed by atoms with E-state index in [2.05, 4.69) is 20.4 Å². The van der Waals surface area contributed by atoms with Gasteiger partial charge in [-0.2, -0.15) is 10.2 Å². The Morgan fingerprint density at radius 1 is 1.10 bits per heavy atom. The van der Waals surface area contributed by atoms with Gasteiger partial charge in [-0.3, -0.25) is 14.4 Å². The molecule has 0 saturated carbocycles. The summed E-state index contributed by atoms with van der Waals surface area (Å²) in [6, 6.07) is 5.51. The third-order valence-electron chi connectivity index (χ3n) is 5.52. The molecule has 7 nitrogen and oxygen atoms in total. The fourth-order valence-electron chi connectivity index (χ4n) is 4.08. The van der Waals surface area contributed by atoms with Crippen LogP contribution in [0.5, 0.6) is 0 Å². The number of nitrogens with zero attached hydrogens (tertiary/aromatic N) is 5. The minimum absolute atomic E-state index is 0.310. The Balaban J connectivity index is 1.45. The van der Waals surface area contributed by atoms with Crippen LogP contribution in [0.4, 0.5) is 14.6 Å². The molecule has 0 atom stereocenters. The lowest BCUT2D eigenvalue weighted by molar-refractivity contribution is 0.102. The summed E-state index contributed by atoms with van der Waals surface area (Å²) >= 11 is 0. The van der Waals surface area contributed by atoms with Gasteiger partial charge in [0.15, 0.2) is 23.1 Å². The van der Waals surface area contributed by atoms with Crippen LogP contribution in [0.3, 0.4) is 0 Å². The number of nitrogens with one attached hydrogen (secondary N) is 1. The Hall–Kier alpha value is -3.07. The van der Waals surface area contributed by atoms with Gasteiger partial charge in [0.05, 0.1) is 17.9 Å². The molecule has 1 aliphatic heterocycles. The van der Waals surface area contributed by atoms with E-state index in [0.717, 1.165) is 68.0 Å². The van der Waals surface area contributed by atoms with Gasteiger partial charge in [-0.1, -0.05) is 0 Å². The molecule has 2 aromatic heterocycles. The topological polar surface area (TPSA) is 68.0 Å². The van der Waals surface area contributed by atoms with Crippen molar-refractivity contribution in [3.63, 3.8) is 0 Å². The number of carbonyl (C=O) groups is 1. The van der Waals surface area contributed by atoms with Crippen molar-refractivity contribution in [3.8, 4) is 5.69 Å². The molecular formula is C20H20F2N6O. The Kier molecular flexibility index (Phi) is 4.20. The number of anilines is 1. The van der Waals surface area contributed by atoms with Crippen molar-refractivity contribution in [1.82, 2.24) is 24.5 Å². The van der Waals surface area contributed by atoms with Crippen molar-refractivity contribution in [3.05, 3.63) is 58.5 Å². The van der Waals surface area contributed by atoms with Crippen LogP contribution >= 0.6 is 0 Å². The number of aromatic nitrogens is 4. The quantitative estimate of drug-likeness (QED) is 0.736. The Morgan fingerprint density at radius 2 is 1.97 bits per heavy atom. The number of hydrogen-bond acceptors (Lipinski definition) is 4. The first-order valence-corrected chi connectivity index (χ1v) is 9.62. The Morgan fingerprint density at radius 3 is 2.79 bits per heavy atom. The van der Waals surface area contributed by atoms with Gasteiger partial charge in [0.2, 0.25) is 0 Å². The summed E-state index contributed by atoms with van der Waals surface area (Å²) in [5.74, 6) is -1.70. The Bertz CT molecular complexity index is 1120. The summed E-state index contributed by atoms with van der Waals surface area (Å²) in [6.45, 7) is 2.47. The molecule has 5 rings (SSSR count). The highest BCUT2D eigenvalue weighted by atomic mass is 19.2. The molecule has 150 valence electrons. The molecule has 0 fully saturated rings. The first-order valence-electron chi connectivity index (χ1n) is 9.62. The monoisotopic (exact) mass is 398 g/mol. The minimum atomic E-state index is -0.940. The molecule has 9 heteroatoms. The molecule has 1 N–H and O–H groups in total. The molecule has 0 unspecified atom stereocenters. The summed E-state index contributed by atoms with van der Waals surface area (Å²) in [6.07, 6.45) is 2.36. The number of likely N-dealkylation sites (N-methyl/N-ethyl adjacent to an activating group) is 1. The lowest BCUT2D eigenvalue weighted by Crippen LogP contribution is -2.30. The van der Waals surface area contributed by atoms with Crippen molar-refractivity contribution in [2.45, 2.75) is 32.4 Å². The van der Waals surface area contributed by atoms with E-state index in [4.69, 9.17) is 0 Å². The summed E-state index contributed by atoms with van der Waals surface area (Å²) in [5.41, 5.74) is 3.49. The van der Waals surface area contributed by atoms with Gasteiger partial charge in [0, 0.05) is 36.5 Å². The first kappa shape index (κ1) is 18.0. The highest BCUT2D eigenvalue weighted by molar-refractivity contribution is 6.03. The number of hydrogen-bond donors (Lipinski definition) is 1. The molecule has 1 aromatic carbocycles. The second-order valence-electron chi connectivity index (χ2n) is 7.57. The van der Waals surface area contributed by atoms with E-state index >= 15 is 0 Å². The van der Waals surface area contributed by atoms with E-state index in [0.29, 0.717) is 17.2 Å². The van der Waals surface area contributed by atoms with Gasteiger partial charge < -0.3 is 5.32 Å². The van der Waals surface area contributed by atoms with Crippen molar-refractivity contribution < 1.29 is 13.6 Å². The predicted molar refractivity (Wildman–Crippen MR) is 102 cm³/mol. The van der Waals surface area contributed by atoms with Crippen LogP contribution < -0.4 is 5.32 Å². The summed E-state index contributed by atoms with van der Waals surface area (Å²) in [5, 5.41) is 11.7. The van der Waals surface area contributed by atoms with Crippen LogP contribution in [0, 0.1) is 11.6 Å². The molecule has 3 aromatic rings. The fourth-order valence-corrected chi connectivity index (χ4v) is 4.08. The van der Waals surface area contributed by atoms with E-state index in [-0.39, 0.29) is 5.91 Å². The average Bonchev–Trinajstić information content (AvgIpc) is 3.38. The van der Waals surface area contributed by atoms with Crippen LogP contribution in [0.15, 0.2) is 24.3 Å². The summed E-state index contributed by atoms with van der Waals surface area (Å²) in [4.78, 5) is 15.1. The van der Waals surface area contributed by atoms with Crippen LogP contribution in [0.2, 0.25) is 0 Å². The van der Waals surface area contributed by atoms with E-state index in [9.17, 15) is 13.6 Å². The van der Waals surface area contributed by atoms with Gasteiger partial charge in [-0.05, 0) is 38.4 Å². The van der Waals surface area contributed by atoms with E-state index in [1.807, 2.05) is 17.8 Å². The van der Waals surface area contributed by atoms with Crippen molar-refractivity contribution in [2.24, 2.45) is 0 Å². The molecule has 0 bridgehead atoms. The van der Waals surface area contributed by atoms with Gasteiger partial charge in [-0.25, -0.2) is 13.5 Å². The van der Waals surface area contributed by atoms with Gasteiger partial charge in [0.1, 0.15) is 0 Å².